The van der Waals surface area contributed by atoms with E-state index in [0.717, 1.165) is 34.5 Å². The number of hydrogen-bond acceptors (Lipinski definition) is 6. The summed E-state index contributed by atoms with van der Waals surface area (Å²) >= 11 is 0. The van der Waals surface area contributed by atoms with Crippen LogP contribution in [0, 0.1) is 12.7 Å². The average Bonchev–Trinajstić information content (AvgIpc) is 3.66. The summed E-state index contributed by atoms with van der Waals surface area (Å²) in [6, 6.07) is 11.0. The highest BCUT2D eigenvalue weighted by molar-refractivity contribution is 5.90. The van der Waals surface area contributed by atoms with E-state index in [1.807, 2.05) is 41.7 Å². The maximum Gasteiger partial charge on any atom is 0.211 e. The number of aryl methyl sites for hydroxylation is 2. The van der Waals surface area contributed by atoms with Gasteiger partial charge < -0.3 is 15.4 Å². The number of nitrogens with zero attached hydrogens (tertiary/aromatic N) is 3. The van der Waals surface area contributed by atoms with Crippen LogP contribution in [0.4, 0.5) is 10.1 Å². The van der Waals surface area contributed by atoms with Gasteiger partial charge in [0.2, 0.25) is 6.41 Å². The summed E-state index contributed by atoms with van der Waals surface area (Å²) in [5.41, 5.74) is 3.47. The molecule has 212 valence electrons. The van der Waals surface area contributed by atoms with E-state index >= 15 is 0 Å². The topological polar surface area (TPSA) is 98.1 Å². The van der Waals surface area contributed by atoms with Crippen molar-refractivity contribution in [2.75, 3.05) is 12.4 Å². The second-order valence-electron chi connectivity index (χ2n) is 10.5. The fraction of sp³-hybridized carbons (Fsp3) is 0.355. The zero-order valence-electron chi connectivity index (χ0n) is 24.0. The Morgan fingerprint density at radius 1 is 1.12 bits per heavy atom. The quantitative estimate of drug-likeness (QED) is 0.259. The number of ether oxygens (including phenoxy) is 1. The van der Waals surface area contributed by atoms with E-state index < -0.39 is 0 Å². The van der Waals surface area contributed by atoms with Gasteiger partial charge in [-0.2, -0.15) is 5.10 Å². The number of benzene rings is 2. The molecule has 1 aliphatic carbocycles. The molecule has 0 unspecified atom stereocenters. The SMILES string of the molecule is CC(C)(C)n1cc(NC=O)cn1.CCc1cc(C)c(Oc2ccnc3ccc(C=O)cc23)cc1F.CNC1CC1. The molecule has 0 saturated heterocycles. The standard InChI is InChI=1S/C19H16FNO2.C8H13N3O.C4H9N/c1-3-14-8-12(2)19(10-16(14)20)23-18-6-7-21-17-5-4-13(11-22)9-15(17)18;1-8(2,3)11-5-7(4-10-11)9-6-12;1-5-4-2-3-4/h4-11H,3H2,1-2H3;4-6H,1-3H3,(H,9,12);4-5H,2-3H2,1H3. The van der Waals surface area contributed by atoms with E-state index in [0.29, 0.717) is 35.5 Å². The third-order valence-corrected chi connectivity index (χ3v) is 6.29. The van der Waals surface area contributed by atoms with Crippen LogP contribution in [0.1, 0.15) is 62.0 Å². The molecule has 5 rings (SSSR count). The Morgan fingerprint density at radius 2 is 1.88 bits per heavy atom. The molecule has 1 fully saturated rings. The van der Waals surface area contributed by atoms with Crippen molar-refractivity contribution in [3.63, 3.8) is 0 Å². The van der Waals surface area contributed by atoms with Gasteiger partial charge in [-0.3, -0.25) is 19.3 Å². The summed E-state index contributed by atoms with van der Waals surface area (Å²) < 4.78 is 21.7. The normalized spacial score (nSPS) is 12.5. The fourth-order valence-electron chi connectivity index (χ4n) is 3.73. The number of carbonyl (C=O) groups is 2. The number of aldehydes is 1. The molecular weight excluding hydrogens is 509 g/mol. The molecule has 0 bridgehead atoms. The fourth-order valence-corrected chi connectivity index (χ4v) is 3.73. The smallest absolute Gasteiger partial charge is 0.211 e. The first kappa shape index (κ1) is 30.4. The van der Waals surface area contributed by atoms with E-state index in [1.165, 1.54) is 18.9 Å². The van der Waals surface area contributed by atoms with Crippen molar-refractivity contribution in [2.24, 2.45) is 0 Å². The number of nitrogens with one attached hydrogen (secondary N) is 2. The van der Waals surface area contributed by atoms with Crippen LogP contribution in [-0.4, -0.2) is 40.6 Å². The lowest BCUT2D eigenvalue weighted by Gasteiger charge is -2.18. The lowest BCUT2D eigenvalue weighted by Crippen LogP contribution is -2.21. The van der Waals surface area contributed by atoms with E-state index in [2.05, 4.69) is 20.7 Å². The van der Waals surface area contributed by atoms with Crippen LogP contribution in [0.25, 0.3) is 10.9 Å². The minimum atomic E-state index is -0.278. The molecule has 2 aromatic carbocycles. The minimum Gasteiger partial charge on any atom is -0.456 e. The first-order valence-electron chi connectivity index (χ1n) is 13.3. The molecule has 1 amide bonds. The van der Waals surface area contributed by atoms with Crippen molar-refractivity contribution in [1.82, 2.24) is 20.1 Å². The molecule has 2 aromatic heterocycles. The third-order valence-electron chi connectivity index (χ3n) is 6.29. The average molecular weight is 548 g/mol. The predicted octanol–water partition coefficient (Wildman–Crippen LogP) is 6.42. The van der Waals surface area contributed by atoms with Crippen molar-refractivity contribution < 1.29 is 18.7 Å². The molecule has 40 heavy (non-hydrogen) atoms. The van der Waals surface area contributed by atoms with Gasteiger partial charge in [0.15, 0.2) is 0 Å². The Morgan fingerprint density at radius 3 is 2.42 bits per heavy atom. The first-order chi connectivity index (χ1) is 19.1. The number of halogens is 1. The maximum atomic E-state index is 14.0. The van der Waals surface area contributed by atoms with Crippen molar-refractivity contribution in [2.45, 2.75) is 65.5 Å². The summed E-state index contributed by atoms with van der Waals surface area (Å²) in [4.78, 5) is 25.3. The van der Waals surface area contributed by atoms with Crippen molar-refractivity contribution in [3.8, 4) is 11.5 Å². The van der Waals surface area contributed by atoms with Crippen LogP contribution in [0.3, 0.4) is 0 Å². The Hall–Kier alpha value is -4.11. The molecule has 2 N–H and O–H groups in total. The number of carbonyl (C=O) groups excluding carboxylic acids is 2. The highest BCUT2D eigenvalue weighted by atomic mass is 19.1. The van der Waals surface area contributed by atoms with E-state index in [9.17, 15) is 14.0 Å². The molecule has 4 aromatic rings. The number of aromatic nitrogens is 3. The highest BCUT2D eigenvalue weighted by Crippen LogP contribution is 2.32. The molecule has 9 heteroatoms. The zero-order valence-corrected chi connectivity index (χ0v) is 24.0. The van der Waals surface area contributed by atoms with Gasteiger partial charge in [0, 0.05) is 35.5 Å². The Kier molecular flexibility index (Phi) is 10.5. The van der Waals surface area contributed by atoms with Gasteiger partial charge in [0.25, 0.3) is 0 Å². The molecule has 0 aliphatic heterocycles. The molecule has 0 spiro atoms. The second kappa shape index (κ2) is 13.8. The first-order valence-corrected chi connectivity index (χ1v) is 13.3. The lowest BCUT2D eigenvalue weighted by atomic mass is 10.1. The maximum absolute atomic E-state index is 14.0. The van der Waals surface area contributed by atoms with Gasteiger partial charge in [-0.1, -0.05) is 6.92 Å². The van der Waals surface area contributed by atoms with Gasteiger partial charge in [-0.05, 0) is 95.5 Å². The predicted molar refractivity (Wildman–Crippen MR) is 157 cm³/mol. The van der Waals surface area contributed by atoms with Gasteiger partial charge in [0.1, 0.15) is 23.6 Å². The van der Waals surface area contributed by atoms with Crippen molar-refractivity contribution in [1.29, 1.82) is 0 Å². The van der Waals surface area contributed by atoms with Gasteiger partial charge in [0.05, 0.1) is 22.9 Å². The lowest BCUT2D eigenvalue weighted by molar-refractivity contribution is -0.105. The monoisotopic (exact) mass is 547 g/mol. The summed E-state index contributed by atoms with van der Waals surface area (Å²) in [5.74, 6) is 0.731. The molecule has 1 saturated carbocycles. The highest BCUT2D eigenvalue weighted by Gasteiger charge is 2.17. The number of amides is 1. The van der Waals surface area contributed by atoms with Crippen LogP contribution >= 0.6 is 0 Å². The number of hydrogen-bond donors (Lipinski definition) is 2. The Balaban J connectivity index is 0.000000214. The summed E-state index contributed by atoms with van der Waals surface area (Å²) in [6.45, 7) is 9.93. The molecule has 0 atom stereocenters. The molecule has 2 heterocycles. The van der Waals surface area contributed by atoms with Crippen molar-refractivity contribution in [3.05, 3.63) is 77.5 Å². The number of anilines is 1. The van der Waals surface area contributed by atoms with Crippen LogP contribution in [-0.2, 0) is 16.8 Å². The number of rotatable bonds is 7. The Labute approximate surface area is 235 Å². The minimum absolute atomic E-state index is 0.0389. The van der Waals surface area contributed by atoms with Gasteiger partial charge in [-0.25, -0.2) is 4.39 Å². The van der Waals surface area contributed by atoms with Crippen LogP contribution in [0.5, 0.6) is 11.5 Å². The van der Waals surface area contributed by atoms with Gasteiger partial charge in [-0.15, -0.1) is 0 Å². The molecule has 1 aliphatic rings. The van der Waals surface area contributed by atoms with Gasteiger partial charge >= 0.3 is 0 Å². The van der Waals surface area contributed by atoms with E-state index in [4.69, 9.17) is 4.74 Å². The van der Waals surface area contributed by atoms with Crippen LogP contribution in [0.15, 0.2) is 55.0 Å². The molecular formula is C31H38FN5O3. The van der Waals surface area contributed by atoms with E-state index in [1.54, 1.807) is 53.6 Å². The number of pyridine rings is 1. The zero-order chi connectivity index (χ0) is 29.3. The molecule has 8 nitrogen and oxygen atoms in total. The Bertz CT molecular complexity index is 1440. The second-order valence-corrected chi connectivity index (χ2v) is 10.5. The van der Waals surface area contributed by atoms with E-state index in [-0.39, 0.29) is 11.4 Å². The molecule has 0 radical (unpaired) electrons. The summed E-state index contributed by atoms with van der Waals surface area (Å²) in [6.07, 6.45) is 9.90. The van der Waals surface area contributed by atoms with Crippen molar-refractivity contribution >= 4 is 29.3 Å². The van der Waals surface area contributed by atoms with Crippen LogP contribution < -0.4 is 15.4 Å². The number of fused-ring (bicyclic) bond motifs is 1. The summed E-state index contributed by atoms with van der Waals surface area (Å²) in [7, 11) is 2.01. The van der Waals surface area contributed by atoms with Crippen LogP contribution in [0.2, 0.25) is 0 Å². The third kappa shape index (κ3) is 8.44. The summed E-state index contributed by atoms with van der Waals surface area (Å²) in [5, 5.41) is 10.5. The largest absolute Gasteiger partial charge is 0.456 e.